The summed E-state index contributed by atoms with van der Waals surface area (Å²) in [7, 11) is -1.74. The Morgan fingerprint density at radius 3 is 2.50 bits per heavy atom. The molecule has 1 aliphatic carbocycles. The number of nitrogens with one attached hydrogen (secondary N) is 1. The van der Waals surface area contributed by atoms with Crippen LogP contribution in [-0.4, -0.2) is 38.9 Å². The van der Waals surface area contributed by atoms with Crippen LogP contribution in [0, 0.1) is 5.92 Å². The summed E-state index contributed by atoms with van der Waals surface area (Å²) >= 11 is 0. The molecule has 1 fully saturated rings. The van der Waals surface area contributed by atoms with E-state index >= 15 is 0 Å². The lowest BCUT2D eigenvalue weighted by Crippen LogP contribution is -2.44. The van der Waals surface area contributed by atoms with E-state index < -0.39 is 10.2 Å². The fourth-order valence-electron chi connectivity index (χ4n) is 1.44. The van der Waals surface area contributed by atoms with Crippen molar-refractivity contribution in [3.05, 3.63) is 0 Å². The van der Waals surface area contributed by atoms with E-state index in [9.17, 15) is 8.42 Å². The molecule has 0 aliphatic heterocycles. The lowest BCUT2D eigenvalue weighted by Gasteiger charge is -2.18. The highest BCUT2D eigenvalue weighted by molar-refractivity contribution is 7.87. The number of hydrogen-bond acceptors (Lipinski definition) is 3. The topological polar surface area (TPSA) is 75.4 Å². The maximum Gasteiger partial charge on any atom is 0.279 e. The first kappa shape index (κ1) is 16.1. The van der Waals surface area contributed by atoms with E-state index in [4.69, 9.17) is 5.73 Å². The summed E-state index contributed by atoms with van der Waals surface area (Å²) in [5.74, 6) is 0.518. The molecule has 0 aromatic heterocycles. The Kier molecular flexibility index (Phi) is 6.81. The molecule has 1 aliphatic rings. The molecule has 1 unspecified atom stereocenters. The van der Waals surface area contributed by atoms with E-state index in [0.29, 0.717) is 19.0 Å². The molecule has 1 atom stereocenters. The van der Waals surface area contributed by atoms with Crippen LogP contribution in [0.1, 0.15) is 26.2 Å². The van der Waals surface area contributed by atoms with Gasteiger partial charge < -0.3 is 5.73 Å². The van der Waals surface area contributed by atoms with Gasteiger partial charge in [-0.25, -0.2) is 4.72 Å². The first-order valence-electron chi connectivity index (χ1n) is 5.44. The minimum absolute atomic E-state index is 0. The molecule has 1 rings (SSSR count). The SMILES string of the molecule is CCCN(C)S(=O)(=O)NCC(N)C1CC1.Cl. The van der Waals surface area contributed by atoms with E-state index in [1.54, 1.807) is 7.05 Å². The summed E-state index contributed by atoms with van der Waals surface area (Å²) in [6.07, 6.45) is 3.08. The molecule has 7 heteroatoms. The zero-order valence-electron chi connectivity index (χ0n) is 9.85. The minimum Gasteiger partial charge on any atom is -0.326 e. The summed E-state index contributed by atoms with van der Waals surface area (Å²) in [5, 5.41) is 0. The van der Waals surface area contributed by atoms with E-state index in [1.165, 1.54) is 4.31 Å². The third-order valence-electron chi connectivity index (χ3n) is 2.68. The van der Waals surface area contributed by atoms with Crippen LogP contribution < -0.4 is 10.5 Å². The van der Waals surface area contributed by atoms with Gasteiger partial charge in [0.2, 0.25) is 0 Å². The van der Waals surface area contributed by atoms with Gasteiger partial charge in [-0.15, -0.1) is 12.4 Å². The Hall–Kier alpha value is 0.120. The summed E-state index contributed by atoms with van der Waals surface area (Å²) < 4.78 is 27.1. The van der Waals surface area contributed by atoms with Gasteiger partial charge in [0, 0.05) is 26.2 Å². The quantitative estimate of drug-likeness (QED) is 0.700. The molecular weight excluding hydrogens is 250 g/mol. The molecule has 5 nitrogen and oxygen atoms in total. The average molecular weight is 272 g/mol. The number of nitrogens with two attached hydrogens (primary N) is 1. The lowest BCUT2D eigenvalue weighted by molar-refractivity contribution is 0.450. The fraction of sp³-hybridized carbons (Fsp3) is 1.00. The van der Waals surface area contributed by atoms with Gasteiger partial charge in [-0.2, -0.15) is 12.7 Å². The Morgan fingerprint density at radius 1 is 1.50 bits per heavy atom. The molecule has 0 aromatic carbocycles. The van der Waals surface area contributed by atoms with Gasteiger partial charge >= 0.3 is 0 Å². The molecule has 0 heterocycles. The second-order valence-electron chi connectivity index (χ2n) is 4.18. The van der Waals surface area contributed by atoms with Crippen molar-refractivity contribution in [3.63, 3.8) is 0 Å². The highest BCUT2D eigenvalue weighted by Gasteiger charge is 2.29. The smallest absolute Gasteiger partial charge is 0.279 e. The van der Waals surface area contributed by atoms with Crippen LogP contribution >= 0.6 is 12.4 Å². The van der Waals surface area contributed by atoms with Crippen molar-refractivity contribution in [2.45, 2.75) is 32.2 Å². The van der Waals surface area contributed by atoms with Crippen LogP contribution in [0.4, 0.5) is 0 Å². The van der Waals surface area contributed by atoms with Gasteiger partial charge in [-0.1, -0.05) is 6.92 Å². The standard InChI is InChI=1S/C9H21N3O2S.ClH/c1-3-6-12(2)15(13,14)11-7-9(10)8-4-5-8;/h8-9,11H,3-7,10H2,1-2H3;1H. The Labute approximate surface area is 104 Å². The molecule has 0 aromatic rings. The average Bonchev–Trinajstić information content (AvgIpc) is 2.98. The van der Waals surface area contributed by atoms with Gasteiger partial charge in [0.1, 0.15) is 0 Å². The van der Waals surface area contributed by atoms with Crippen molar-refractivity contribution in [3.8, 4) is 0 Å². The number of rotatable bonds is 7. The molecule has 0 saturated heterocycles. The largest absolute Gasteiger partial charge is 0.326 e. The number of nitrogens with zero attached hydrogens (tertiary/aromatic N) is 1. The monoisotopic (exact) mass is 271 g/mol. The predicted molar refractivity (Wildman–Crippen MR) is 67.8 cm³/mol. The molecule has 16 heavy (non-hydrogen) atoms. The van der Waals surface area contributed by atoms with Crippen LogP contribution in [0.3, 0.4) is 0 Å². The van der Waals surface area contributed by atoms with Gasteiger partial charge in [0.25, 0.3) is 10.2 Å². The van der Waals surface area contributed by atoms with Crippen molar-refractivity contribution in [1.29, 1.82) is 0 Å². The third-order valence-corrected chi connectivity index (χ3v) is 4.21. The number of halogens is 1. The molecule has 0 spiro atoms. The number of hydrogen-bond donors (Lipinski definition) is 2. The second-order valence-corrected chi connectivity index (χ2v) is 6.04. The van der Waals surface area contributed by atoms with Crippen LogP contribution in [0.2, 0.25) is 0 Å². The van der Waals surface area contributed by atoms with Crippen LogP contribution in [0.5, 0.6) is 0 Å². The lowest BCUT2D eigenvalue weighted by atomic mass is 10.2. The second kappa shape index (κ2) is 6.76. The Morgan fingerprint density at radius 2 is 2.06 bits per heavy atom. The van der Waals surface area contributed by atoms with Crippen LogP contribution in [0.15, 0.2) is 0 Å². The van der Waals surface area contributed by atoms with Crippen molar-refractivity contribution in [2.75, 3.05) is 20.1 Å². The van der Waals surface area contributed by atoms with Gasteiger partial charge in [-0.05, 0) is 25.2 Å². The maximum absolute atomic E-state index is 11.6. The maximum atomic E-state index is 11.6. The van der Waals surface area contributed by atoms with Crippen molar-refractivity contribution in [1.82, 2.24) is 9.03 Å². The van der Waals surface area contributed by atoms with E-state index in [-0.39, 0.29) is 18.4 Å². The molecule has 0 radical (unpaired) electrons. The highest BCUT2D eigenvalue weighted by atomic mass is 35.5. The Bertz CT molecular complexity index is 293. The minimum atomic E-state index is -3.32. The van der Waals surface area contributed by atoms with Gasteiger partial charge in [0.15, 0.2) is 0 Å². The van der Waals surface area contributed by atoms with E-state index in [1.807, 2.05) is 6.92 Å². The first-order chi connectivity index (χ1) is 6.97. The predicted octanol–water partition coefficient (Wildman–Crippen LogP) is 0.322. The third kappa shape index (κ3) is 4.97. The van der Waals surface area contributed by atoms with E-state index in [0.717, 1.165) is 19.3 Å². The van der Waals surface area contributed by atoms with Gasteiger partial charge in [0.05, 0.1) is 0 Å². The summed E-state index contributed by atoms with van der Waals surface area (Å²) in [4.78, 5) is 0. The normalized spacial score (nSPS) is 18.2. The summed E-state index contributed by atoms with van der Waals surface area (Å²) in [6, 6.07) is -0.0326. The molecule has 0 amide bonds. The van der Waals surface area contributed by atoms with E-state index in [2.05, 4.69) is 4.72 Å². The van der Waals surface area contributed by atoms with Crippen molar-refractivity contribution < 1.29 is 8.42 Å². The zero-order valence-corrected chi connectivity index (χ0v) is 11.5. The van der Waals surface area contributed by atoms with Gasteiger partial charge in [-0.3, -0.25) is 0 Å². The van der Waals surface area contributed by atoms with Crippen LogP contribution in [0.25, 0.3) is 0 Å². The van der Waals surface area contributed by atoms with Crippen LogP contribution in [-0.2, 0) is 10.2 Å². The zero-order chi connectivity index (χ0) is 11.5. The van der Waals surface area contributed by atoms with Crippen molar-refractivity contribution in [2.24, 2.45) is 11.7 Å². The first-order valence-corrected chi connectivity index (χ1v) is 6.88. The molecular formula is C9H22ClN3O2S. The van der Waals surface area contributed by atoms with Crippen molar-refractivity contribution >= 4 is 22.6 Å². The summed E-state index contributed by atoms with van der Waals surface area (Å²) in [6.45, 7) is 2.83. The molecule has 0 bridgehead atoms. The molecule has 3 N–H and O–H groups in total. The highest BCUT2D eigenvalue weighted by Crippen LogP contribution is 2.31. The fourth-order valence-corrected chi connectivity index (χ4v) is 2.48. The summed E-state index contributed by atoms with van der Waals surface area (Å²) in [5.41, 5.74) is 5.81. The molecule has 1 saturated carbocycles. The molecule has 98 valence electrons. The Balaban J connectivity index is 0.00000225.